The van der Waals surface area contributed by atoms with Gasteiger partial charge in [0.15, 0.2) is 11.6 Å². The maximum Gasteiger partial charge on any atom is 0.167 e. The lowest BCUT2D eigenvalue weighted by molar-refractivity contribution is 0.347. The molecule has 0 bridgehead atoms. The zero-order chi connectivity index (χ0) is 13.8. The minimum atomic E-state index is -0.335. The van der Waals surface area contributed by atoms with Crippen LogP contribution >= 0.6 is 0 Å². The van der Waals surface area contributed by atoms with Crippen molar-refractivity contribution in [2.75, 3.05) is 32.1 Å². The van der Waals surface area contributed by atoms with Gasteiger partial charge in [0.2, 0.25) is 0 Å². The van der Waals surface area contributed by atoms with Crippen molar-refractivity contribution in [2.45, 2.75) is 20.3 Å². The number of nitrogens with two attached hydrogens (primary N) is 1. The summed E-state index contributed by atoms with van der Waals surface area (Å²) in [6, 6.07) is 5.01. The lowest BCUT2D eigenvalue weighted by atomic mass is 9.88. The first kappa shape index (κ1) is 14.8. The summed E-state index contributed by atoms with van der Waals surface area (Å²) in [5.74, 6) is -0.0631. The summed E-state index contributed by atoms with van der Waals surface area (Å²) in [7, 11) is 3.42. The number of nitrogens with zero attached hydrogens (tertiary/aromatic N) is 1. The average molecular weight is 254 g/mol. The van der Waals surface area contributed by atoms with Gasteiger partial charge in [0.05, 0.1) is 7.11 Å². The molecule has 4 heteroatoms. The summed E-state index contributed by atoms with van der Waals surface area (Å²) < 4.78 is 18.5. The standard InChI is InChI=1S/C14H23FN2O/c1-14(2,7-8-16)10-17(3)11-5-6-13(18-4)12(15)9-11/h5-6,9H,7-8,10,16H2,1-4H3. The summed E-state index contributed by atoms with van der Waals surface area (Å²) in [5, 5.41) is 0. The summed E-state index contributed by atoms with van der Waals surface area (Å²) in [5.41, 5.74) is 6.55. The van der Waals surface area contributed by atoms with E-state index < -0.39 is 0 Å². The molecule has 0 fully saturated rings. The predicted octanol–water partition coefficient (Wildman–Crippen LogP) is 2.65. The average Bonchev–Trinajstić information content (AvgIpc) is 2.28. The molecule has 3 nitrogen and oxygen atoms in total. The zero-order valence-corrected chi connectivity index (χ0v) is 11.7. The zero-order valence-electron chi connectivity index (χ0n) is 11.7. The van der Waals surface area contributed by atoms with Crippen molar-refractivity contribution < 1.29 is 9.13 Å². The molecule has 2 N–H and O–H groups in total. The van der Waals surface area contributed by atoms with Crippen molar-refractivity contribution in [3.63, 3.8) is 0 Å². The molecule has 0 spiro atoms. The van der Waals surface area contributed by atoms with Gasteiger partial charge in [-0.1, -0.05) is 13.8 Å². The fourth-order valence-corrected chi connectivity index (χ4v) is 2.10. The van der Waals surface area contributed by atoms with E-state index in [0.717, 1.165) is 18.7 Å². The number of halogens is 1. The smallest absolute Gasteiger partial charge is 0.167 e. The molecule has 0 saturated heterocycles. The summed E-state index contributed by atoms with van der Waals surface area (Å²) in [6.07, 6.45) is 0.940. The fourth-order valence-electron chi connectivity index (χ4n) is 2.10. The van der Waals surface area contributed by atoms with E-state index in [1.54, 1.807) is 6.07 Å². The van der Waals surface area contributed by atoms with Crippen molar-refractivity contribution in [3.05, 3.63) is 24.0 Å². The van der Waals surface area contributed by atoms with E-state index in [4.69, 9.17) is 10.5 Å². The van der Waals surface area contributed by atoms with Crippen LogP contribution in [0.3, 0.4) is 0 Å². The number of methoxy groups -OCH3 is 1. The van der Waals surface area contributed by atoms with Crippen LogP contribution in [0.5, 0.6) is 5.75 Å². The molecule has 0 aromatic heterocycles. The van der Waals surface area contributed by atoms with Crippen LogP contribution in [0.4, 0.5) is 10.1 Å². The lowest BCUT2D eigenvalue weighted by Gasteiger charge is -2.31. The topological polar surface area (TPSA) is 38.5 Å². The van der Waals surface area contributed by atoms with Crippen molar-refractivity contribution in [3.8, 4) is 5.75 Å². The Bertz CT molecular complexity index is 393. The van der Waals surface area contributed by atoms with Gasteiger partial charge >= 0.3 is 0 Å². The maximum atomic E-state index is 13.6. The molecule has 0 radical (unpaired) electrons. The van der Waals surface area contributed by atoms with E-state index in [-0.39, 0.29) is 17.0 Å². The van der Waals surface area contributed by atoms with Crippen LogP contribution in [-0.4, -0.2) is 27.2 Å². The second-order valence-corrected chi connectivity index (χ2v) is 5.38. The number of benzene rings is 1. The Morgan fingerprint density at radius 3 is 2.56 bits per heavy atom. The number of hydrogen-bond acceptors (Lipinski definition) is 3. The minimum absolute atomic E-state index is 0.111. The van der Waals surface area contributed by atoms with Crippen molar-refractivity contribution >= 4 is 5.69 Å². The van der Waals surface area contributed by atoms with Gasteiger partial charge in [-0.05, 0) is 30.5 Å². The van der Waals surface area contributed by atoms with Gasteiger partial charge in [-0.15, -0.1) is 0 Å². The van der Waals surface area contributed by atoms with Crippen LogP contribution in [0.15, 0.2) is 18.2 Å². The molecule has 0 aliphatic carbocycles. The highest BCUT2D eigenvalue weighted by atomic mass is 19.1. The SMILES string of the molecule is COc1ccc(N(C)CC(C)(C)CCN)cc1F. The van der Waals surface area contributed by atoms with Gasteiger partial charge in [0.1, 0.15) is 0 Å². The van der Waals surface area contributed by atoms with Gasteiger partial charge < -0.3 is 15.4 Å². The predicted molar refractivity (Wildman–Crippen MR) is 73.7 cm³/mol. The molecule has 0 heterocycles. The van der Waals surface area contributed by atoms with Crippen LogP contribution in [-0.2, 0) is 0 Å². The highest BCUT2D eigenvalue weighted by Gasteiger charge is 2.20. The third-order valence-electron chi connectivity index (χ3n) is 3.06. The summed E-state index contributed by atoms with van der Waals surface area (Å²) in [6.45, 7) is 5.82. The first-order valence-corrected chi connectivity index (χ1v) is 6.14. The Hall–Kier alpha value is -1.29. The molecule has 1 aromatic rings. The summed E-state index contributed by atoms with van der Waals surface area (Å²) in [4.78, 5) is 2.04. The van der Waals surface area contributed by atoms with Gasteiger partial charge in [0, 0.05) is 25.3 Å². The third kappa shape index (κ3) is 3.88. The van der Waals surface area contributed by atoms with Gasteiger partial charge in [-0.25, -0.2) is 4.39 Å². The van der Waals surface area contributed by atoms with Crippen molar-refractivity contribution in [2.24, 2.45) is 11.1 Å². The van der Waals surface area contributed by atoms with E-state index in [1.165, 1.54) is 13.2 Å². The number of ether oxygens (including phenoxy) is 1. The van der Waals surface area contributed by atoms with E-state index >= 15 is 0 Å². The second-order valence-electron chi connectivity index (χ2n) is 5.38. The van der Waals surface area contributed by atoms with Crippen LogP contribution in [0.2, 0.25) is 0 Å². The van der Waals surface area contributed by atoms with E-state index in [0.29, 0.717) is 6.54 Å². The second kappa shape index (κ2) is 6.05. The summed E-state index contributed by atoms with van der Waals surface area (Å²) >= 11 is 0. The molecule has 0 aliphatic heterocycles. The molecule has 0 aliphatic rings. The van der Waals surface area contributed by atoms with Gasteiger partial charge in [0.25, 0.3) is 0 Å². The monoisotopic (exact) mass is 254 g/mol. The van der Waals surface area contributed by atoms with E-state index in [2.05, 4.69) is 13.8 Å². The molecule has 1 aromatic carbocycles. The highest BCUT2D eigenvalue weighted by molar-refractivity contribution is 5.49. The number of rotatable bonds is 6. The van der Waals surface area contributed by atoms with Crippen LogP contribution in [0.25, 0.3) is 0 Å². The molecule has 1 rings (SSSR count). The first-order valence-electron chi connectivity index (χ1n) is 6.14. The Labute approximate surface area is 109 Å². The molecule has 0 unspecified atom stereocenters. The molecule has 0 saturated carbocycles. The van der Waals surface area contributed by atoms with Crippen LogP contribution in [0.1, 0.15) is 20.3 Å². The Morgan fingerprint density at radius 2 is 2.06 bits per heavy atom. The molecule has 0 atom stereocenters. The first-order chi connectivity index (χ1) is 8.39. The largest absolute Gasteiger partial charge is 0.494 e. The Balaban J connectivity index is 2.78. The number of hydrogen-bond donors (Lipinski definition) is 1. The quantitative estimate of drug-likeness (QED) is 0.848. The number of anilines is 1. The third-order valence-corrected chi connectivity index (χ3v) is 3.06. The van der Waals surface area contributed by atoms with E-state index in [9.17, 15) is 4.39 Å². The fraction of sp³-hybridized carbons (Fsp3) is 0.571. The van der Waals surface area contributed by atoms with Crippen molar-refractivity contribution in [1.82, 2.24) is 0 Å². The van der Waals surface area contributed by atoms with Gasteiger partial charge in [-0.2, -0.15) is 0 Å². The molecule has 0 amide bonds. The molecule has 18 heavy (non-hydrogen) atoms. The van der Waals surface area contributed by atoms with Crippen LogP contribution in [0, 0.1) is 11.2 Å². The van der Waals surface area contributed by atoms with E-state index in [1.807, 2.05) is 18.0 Å². The Kier molecular flexibility index (Phi) is 4.96. The van der Waals surface area contributed by atoms with Crippen molar-refractivity contribution in [1.29, 1.82) is 0 Å². The minimum Gasteiger partial charge on any atom is -0.494 e. The molecular weight excluding hydrogens is 231 g/mol. The normalized spacial score (nSPS) is 11.4. The highest BCUT2D eigenvalue weighted by Crippen LogP contribution is 2.27. The Morgan fingerprint density at radius 1 is 1.39 bits per heavy atom. The molecule has 102 valence electrons. The van der Waals surface area contributed by atoms with Gasteiger partial charge in [-0.3, -0.25) is 0 Å². The van der Waals surface area contributed by atoms with Crippen LogP contribution < -0.4 is 15.4 Å². The lowest BCUT2D eigenvalue weighted by Crippen LogP contribution is -2.33. The molecular formula is C14H23FN2O. The maximum absolute atomic E-state index is 13.6.